The van der Waals surface area contributed by atoms with Gasteiger partial charge in [0, 0.05) is 18.3 Å². The van der Waals surface area contributed by atoms with Crippen molar-refractivity contribution < 1.29 is 4.79 Å². The maximum Gasteiger partial charge on any atom is 0.144 e. The summed E-state index contributed by atoms with van der Waals surface area (Å²) in [6.45, 7) is 0. The molecule has 1 aromatic carbocycles. The summed E-state index contributed by atoms with van der Waals surface area (Å²) >= 11 is 0. The summed E-state index contributed by atoms with van der Waals surface area (Å²) in [5.41, 5.74) is 2.65. The number of carbonyl (C=O) groups is 1. The molecular weight excluding hydrogens is 212 g/mol. The van der Waals surface area contributed by atoms with Crippen molar-refractivity contribution >= 4 is 5.78 Å². The molecule has 3 rings (SSSR count). The molecule has 2 aromatic rings. The molecule has 3 heteroatoms. The lowest BCUT2D eigenvalue weighted by Crippen LogP contribution is -2.17. The molecule has 86 valence electrons. The number of H-pyrrole nitrogens is 1. The molecule has 0 spiro atoms. The number of hydrogen-bond acceptors (Lipinski definition) is 2. The Balaban J connectivity index is 1.70. The van der Waals surface area contributed by atoms with E-state index in [1.807, 2.05) is 12.1 Å². The van der Waals surface area contributed by atoms with Gasteiger partial charge in [-0.2, -0.15) is 0 Å². The number of imidazole rings is 1. The Morgan fingerprint density at radius 2 is 2.00 bits per heavy atom. The van der Waals surface area contributed by atoms with E-state index >= 15 is 0 Å². The average molecular weight is 226 g/mol. The fourth-order valence-electron chi connectivity index (χ4n) is 2.49. The van der Waals surface area contributed by atoms with Crippen LogP contribution in [-0.4, -0.2) is 15.8 Å². The van der Waals surface area contributed by atoms with E-state index in [0.717, 1.165) is 18.7 Å². The largest absolute Gasteiger partial charge is 0.348 e. The van der Waals surface area contributed by atoms with Crippen molar-refractivity contribution in [3.63, 3.8) is 0 Å². The lowest BCUT2D eigenvalue weighted by molar-refractivity contribution is -0.122. The molecule has 0 saturated heterocycles. The van der Waals surface area contributed by atoms with Crippen LogP contribution < -0.4 is 0 Å². The van der Waals surface area contributed by atoms with Crippen LogP contribution in [0.1, 0.15) is 17.0 Å². The van der Waals surface area contributed by atoms with Crippen LogP contribution in [0.15, 0.2) is 36.7 Å². The lowest BCUT2D eigenvalue weighted by atomic mass is 9.98. The number of fused-ring (bicyclic) bond motifs is 1. The van der Waals surface area contributed by atoms with Crippen LogP contribution in [0.5, 0.6) is 0 Å². The standard InChI is InChI=1S/C14H14N2O/c17-13(9-14-15-5-6-16-14)12-7-10-3-1-2-4-11(10)8-12/h1-6,12H,7-9H2,(H,15,16). The Labute approximate surface area is 99.9 Å². The average Bonchev–Trinajstić information content (AvgIpc) is 2.96. The van der Waals surface area contributed by atoms with Gasteiger partial charge >= 0.3 is 0 Å². The summed E-state index contributed by atoms with van der Waals surface area (Å²) in [4.78, 5) is 19.2. The second kappa shape index (κ2) is 4.17. The molecule has 0 radical (unpaired) electrons. The first-order chi connectivity index (χ1) is 8.33. The monoisotopic (exact) mass is 226 g/mol. The summed E-state index contributed by atoms with van der Waals surface area (Å²) in [6, 6.07) is 8.32. The molecule has 0 bridgehead atoms. The Kier molecular flexibility index (Phi) is 2.52. The van der Waals surface area contributed by atoms with Gasteiger partial charge in [0.2, 0.25) is 0 Å². The van der Waals surface area contributed by atoms with Crippen molar-refractivity contribution in [2.75, 3.05) is 0 Å². The third-order valence-electron chi connectivity index (χ3n) is 3.40. The van der Waals surface area contributed by atoms with E-state index in [2.05, 4.69) is 22.1 Å². The van der Waals surface area contributed by atoms with Crippen molar-refractivity contribution in [1.82, 2.24) is 9.97 Å². The van der Waals surface area contributed by atoms with Gasteiger partial charge in [0.25, 0.3) is 0 Å². The quantitative estimate of drug-likeness (QED) is 0.869. The molecule has 0 amide bonds. The SMILES string of the molecule is O=C(Cc1ncc[nH]1)C1Cc2ccccc2C1. The first kappa shape index (κ1) is 10.3. The molecular formula is C14H14N2O. The number of rotatable bonds is 3. The lowest BCUT2D eigenvalue weighted by Gasteiger charge is -2.05. The molecule has 0 unspecified atom stereocenters. The Morgan fingerprint density at radius 3 is 2.59 bits per heavy atom. The molecule has 17 heavy (non-hydrogen) atoms. The molecule has 1 aliphatic rings. The van der Waals surface area contributed by atoms with E-state index < -0.39 is 0 Å². The number of hydrogen-bond donors (Lipinski definition) is 1. The van der Waals surface area contributed by atoms with Gasteiger partial charge in [-0.3, -0.25) is 4.79 Å². The smallest absolute Gasteiger partial charge is 0.144 e. The maximum atomic E-state index is 12.1. The van der Waals surface area contributed by atoms with Crippen LogP contribution in [0.2, 0.25) is 0 Å². The molecule has 1 heterocycles. The number of ketones is 1. The second-order valence-electron chi connectivity index (χ2n) is 4.55. The molecule has 1 N–H and O–H groups in total. The summed E-state index contributed by atoms with van der Waals surface area (Å²) in [7, 11) is 0. The number of nitrogens with zero attached hydrogens (tertiary/aromatic N) is 1. The van der Waals surface area contributed by atoms with Gasteiger partial charge in [0.05, 0.1) is 6.42 Å². The van der Waals surface area contributed by atoms with Crippen molar-refractivity contribution in [3.8, 4) is 0 Å². The summed E-state index contributed by atoms with van der Waals surface area (Å²) < 4.78 is 0. The Bertz CT molecular complexity index is 506. The van der Waals surface area contributed by atoms with Crippen LogP contribution in [0.4, 0.5) is 0 Å². The van der Waals surface area contributed by atoms with Crippen LogP contribution in [-0.2, 0) is 24.1 Å². The van der Waals surface area contributed by atoms with E-state index in [1.54, 1.807) is 12.4 Å². The predicted octanol–water partition coefficient (Wildman–Crippen LogP) is 1.94. The Hall–Kier alpha value is -1.90. The molecule has 0 atom stereocenters. The minimum atomic E-state index is 0.137. The van der Waals surface area contributed by atoms with Crippen LogP contribution in [0.25, 0.3) is 0 Å². The van der Waals surface area contributed by atoms with E-state index in [9.17, 15) is 4.79 Å². The van der Waals surface area contributed by atoms with Gasteiger partial charge in [-0.25, -0.2) is 4.98 Å². The van der Waals surface area contributed by atoms with Crippen LogP contribution >= 0.6 is 0 Å². The number of Topliss-reactive ketones (excluding diaryl/α,β-unsaturated/α-hetero) is 1. The van der Waals surface area contributed by atoms with Crippen molar-refractivity contribution in [1.29, 1.82) is 0 Å². The predicted molar refractivity (Wildman–Crippen MR) is 64.6 cm³/mol. The van der Waals surface area contributed by atoms with Gasteiger partial charge in [0.1, 0.15) is 11.6 Å². The third-order valence-corrected chi connectivity index (χ3v) is 3.40. The second-order valence-corrected chi connectivity index (χ2v) is 4.55. The van der Waals surface area contributed by atoms with Crippen LogP contribution in [0, 0.1) is 5.92 Å². The minimum absolute atomic E-state index is 0.137. The molecule has 0 aliphatic heterocycles. The molecule has 0 fully saturated rings. The zero-order chi connectivity index (χ0) is 11.7. The number of aromatic amines is 1. The normalized spacial score (nSPS) is 14.8. The molecule has 1 aromatic heterocycles. The van der Waals surface area contributed by atoms with Gasteiger partial charge in [-0.15, -0.1) is 0 Å². The fourth-order valence-corrected chi connectivity index (χ4v) is 2.49. The van der Waals surface area contributed by atoms with Gasteiger partial charge in [0.15, 0.2) is 0 Å². The van der Waals surface area contributed by atoms with Gasteiger partial charge < -0.3 is 4.98 Å². The highest BCUT2D eigenvalue weighted by molar-refractivity contribution is 5.84. The third kappa shape index (κ3) is 2.00. The van der Waals surface area contributed by atoms with E-state index in [1.165, 1.54) is 11.1 Å². The minimum Gasteiger partial charge on any atom is -0.348 e. The topological polar surface area (TPSA) is 45.8 Å². The van der Waals surface area contributed by atoms with Gasteiger partial charge in [-0.1, -0.05) is 24.3 Å². The molecule has 0 saturated carbocycles. The van der Waals surface area contributed by atoms with Crippen molar-refractivity contribution in [2.24, 2.45) is 5.92 Å². The first-order valence-electron chi connectivity index (χ1n) is 5.90. The van der Waals surface area contributed by atoms with Gasteiger partial charge in [-0.05, 0) is 24.0 Å². The van der Waals surface area contributed by atoms with E-state index in [0.29, 0.717) is 6.42 Å². The highest BCUT2D eigenvalue weighted by Gasteiger charge is 2.27. The summed E-state index contributed by atoms with van der Waals surface area (Å²) in [6.07, 6.45) is 5.63. The van der Waals surface area contributed by atoms with E-state index in [4.69, 9.17) is 0 Å². The zero-order valence-corrected chi connectivity index (χ0v) is 9.52. The van der Waals surface area contributed by atoms with Crippen molar-refractivity contribution in [3.05, 3.63) is 53.6 Å². The van der Waals surface area contributed by atoms with E-state index in [-0.39, 0.29) is 11.7 Å². The molecule has 3 nitrogen and oxygen atoms in total. The zero-order valence-electron chi connectivity index (χ0n) is 9.52. The van der Waals surface area contributed by atoms with Crippen LogP contribution in [0.3, 0.4) is 0 Å². The highest BCUT2D eigenvalue weighted by Crippen LogP contribution is 2.27. The fraction of sp³-hybridized carbons (Fsp3) is 0.286. The summed E-state index contributed by atoms with van der Waals surface area (Å²) in [5.74, 6) is 1.19. The number of aromatic nitrogens is 2. The number of benzene rings is 1. The van der Waals surface area contributed by atoms with Crippen molar-refractivity contribution in [2.45, 2.75) is 19.3 Å². The first-order valence-corrected chi connectivity index (χ1v) is 5.90. The number of nitrogens with one attached hydrogen (secondary N) is 1. The summed E-state index contributed by atoms with van der Waals surface area (Å²) in [5, 5.41) is 0. The Morgan fingerprint density at radius 1 is 1.29 bits per heavy atom. The molecule has 1 aliphatic carbocycles. The number of carbonyl (C=O) groups excluding carboxylic acids is 1. The maximum absolute atomic E-state index is 12.1. The highest BCUT2D eigenvalue weighted by atomic mass is 16.1.